The number of rotatable bonds is 3. The smallest absolute Gasteiger partial charge is 0.118 e. The molecule has 0 bridgehead atoms. The zero-order chi connectivity index (χ0) is 13.1. The van der Waals surface area contributed by atoms with E-state index < -0.39 is 0 Å². The molecule has 0 fully saturated rings. The SMILES string of the molecule is COc1ccc(C(N)c2cc(Br)ccc2I)cc1. The molecular weight excluding hydrogens is 405 g/mol. The zero-order valence-electron chi connectivity index (χ0n) is 9.86. The lowest BCUT2D eigenvalue weighted by molar-refractivity contribution is 0.414. The fourth-order valence-electron chi connectivity index (χ4n) is 1.74. The van der Waals surface area contributed by atoms with Crippen molar-refractivity contribution in [1.82, 2.24) is 0 Å². The van der Waals surface area contributed by atoms with Gasteiger partial charge in [-0.25, -0.2) is 0 Å². The van der Waals surface area contributed by atoms with Crippen molar-refractivity contribution in [1.29, 1.82) is 0 Å². The fourth-order valence-corrected chi connectivity index (χ4v) is 2.79. The van der Waals surface area contributed by atoms with Crippen LogP contribution in [0.2, 0.25) is 0 Å². The molecule has 2 aromatic carbocycles. The number of hydrogen-bond acceptors (Lipinski definition) is 2. The second kappa shape index (κ2) is 6.04. The van der Waals surface area contributed by atoms with Gasteiger partial charge in [0.25, 0.3) is 0 Å². The molecule has 2 nitrogen and oxygen atoms in total. The highest BCUT2D eigenvalue weighted by atomic mass is 127. The molecule has 0 aliphatic heterocycles. The zero-order valence-corrected chi connectivity index (χ0v) is 13.6. The van der Waals surface area contributed by atoms with Gasteiger partial charge in [0.2, 0.25) is 0 Å². The first kappa shape index (κ1) is 13.8. The molecule has 2 N–H and O–H groups in total. The van der Waals surface area contributed by atoms with Gasteiger partial charge in [-0.15, -0.1) is 0 Å². The first-order valence-electron chi connectivity index (χ1n) is 5.46. The van der Waals surface area contributed by atoms with Gasteiger partial charge in [-0.2, -0.15) is 0 Å². The molecule has 0 spiro atoms. The van der Waals surface area contributed by atoms with Crippen LogP contribution in [0, 0.1) is 3.57 Å². The van der Waals surface area contributed by atoms with E-state index in [1.807, 2.05) is 30.3 Å². The van der Waals surface area contributed by atoms with E-state index in [1.165, 1.54) is 3.57 Å². The molecule has 1 atom stereocenters. The van der Waals surface area contributed by atoms with Gasteiger partial charge < -0.3 is 10.5 Å². The van der Waals surface area contributed by atoms with Crippen LogP contribution in [0.4, 0.5) is 0 Å². The van der Waals surface area contributed by atoms with Gasteiger partial charge >= 0.3 is 0 Å². The van der Waals surface area contributed by atoms with E-state index in [9.17, 15) is 0 Å². The summed E-state index contributed by atoms with van der Waals surface area (Å²) in [6, 6.07) is 13.9. The second-order valence-electron chi connectivity index (χ2n) is 3.92. The molecule has 18 heavy (non-hydrogen) atoms. The maximum atomic E-state index is 6.31. The van der Waals surface area contributed by atoms with Crippen molar-refractivity contribution >= 4 is 38.5 Å². The molecule has 0 heterocycles. The summed E-state index contributed by atoms with van der Waals surface area (Å²) in [5.41, 5.74) is 8.51. The Morgan fingerprint density at radius 2 is 1.83 bits per heavy atom. The summed E-state index contributed by atoms with van der Waals surface area (Å²) in [5, 5.41) is 0. The van der Waals surface area contributed by atoms with Crippen LogP contribution in [0.3, 0.4) is 0 Å². The minimum Gasteiger partial charge on any atom is -0.497 e. The van der Waals surface area contributed by atoms with Gasteiger partial charge in [0, 0.05) is 8.04 Å². The van der Waals surface area contributed by atoms with Gasteiger partial charge in [0.05, 0.1) is 13.2 Å². The molecule has 1 unspecified atom stereocenters. The van der Waals surface area contributed by atoms with Crippen molar-refractivity contribution in [2.45, 2.75) is 6.04 Å². The number of ether oxygens (including phenoxy) is 1. The topological polar surface area (TPSA) is 35.2 Å². The Kier molecular flexibility index (Phi) is 4.64. The highest BCUT2D eigenvalue weighted by Crippen LogP contribution is 2.28. The van der Waals surface area contributed by atoms with E-state index in [-0.39, 0.29) is 6.04 Å². The first-order valence-corrected chi connectivity index (χ1v) is 7.33. The van der Waals surface area contributed by atoms with E-state index in [2.05, 4.69) is 50.7 Å². The van der Waals surface area contributed by atoms with Crippen LogP contribution >= 0.6 is 38.5 Å². The third-order valence-corrected chi connectivity index (χ3v) is 4.24. The molecule has 0 aliphatic rings. The van der Waals surface area contributed by atoms with Crippen LogP contribution in [-0.2, 0) is 0 Å². The summed E-state index contributed by atoms with van der Waals surface area (Å²) in [6.45, 7) is 0. The van der Waals surface area contributed by atoms with Crippen LogP contribution in [-0.4, -0.2) is 7.11 Å². The highest BCUT2D eigenvalue weighted by molar-refractivity contribution is 14.1. The quantitative estimate of drug-likeness (QED) is 0.762. The van der Waals surface area contributed by atoms with Crippen LogP contribution < -0.4 is 10.5 Å². The van der Waals surface area contributed by atoms with Crippen LogP contribution in [0.25, 0.3) is 0 Å². The predicted molar refractivity (Wildman–Crippen MR) is 85.9 cm³/mol. The summed E-state index contributed by atoms with van der Waals surface area (Å²) < 4.78 is 7.36. The second-order valence-corrected chi connectivity index (χ2v) is 5.99. The Morgan fingerprint density at radius 3 is 2.44 bits per heavy atom. The van der Waals surface area contributed by atoms with Crippen LogP contribution in [0.5, 0.6) is 5.75 Å². The van der Waals surface area contributed by atoms with E-state index in [0.717, 1.165) is 21.3 Å². The lowest BCUT2D eigenvalue weighted by Crippen LogP contribution is -2.13. The van der Waals surface area contributed by atoms with E-state index >= 15 is 0 Å². The average molecular weight is 418 g/mol. The third kappa shape index (κ3) is 3.05. The number of benzene rings is 2. The lowest BCUT2D eigenvalue weighted by atomic mass is 10.00. The van der Waals surface area contributed by atoms with Crippen LogP contribution in [0.1, 0.15) is 17.2 Å². The van der Waals surface area contributed by atoms with Crippen molar-refractivity contribution < 1.29 is 4.74 Å². The number of methoxy groups -OCH3 is 1. The first-order chi connectivity index (χ1) is 8.61. The Morgan fingerprint density at radius 1 is 1.17 bits per heavy atom. The van der Waals surface area contributed by atoms with Gasteiger partial charge in [-0.3, -0.25) is 0 Å². The Bertz CT molecular complexity index is 542. The summed E-state index contributed by atoms with van der Waals surface area (Å²) in [6.07, 6.45) is 0. The Balaban J connectivity index is 2.34. The average Bonchev–Trinajstić information content (AvgIpc) is 2.41. The van der Waals surface area contributed by atoms with Gasteiger partial charge in [-0.05, 0) is 64.0 Å². The largest absolute Gasteiger partial charge is 0.497 e. The summed E-state index contributed by atoms with van der Waals surface area (Å²) in [4.78, 5) is 0. The number of hydrogen-bond donors (Lipinski definition) is 1. The van der Waals surface area contributed by atoms with Gasteiger partial charge in [-0.1, -0.05) is 28.1 Å². The van der Waals surface area contributed by atoms with E-state index in [0.29, 0.717) is 0 Å². The minimum atomic E-state index is -0.125. The Labute approximate surface area is 129 Å². The number of nitrogens with two attached hydrogens (primary N) is 1. The minimum absolute atomic E-state index is 0.125. The molecule has 4 heteroatoms. The lowest BCUT2D eigenvalue weighted by Gasteiger charge is -2.15. The normalized spacial score (nSPS) is 12.2. The predicted octanol–water partition coefficient (Wildman–Crippen LogP) is 4.11. The number of halogens is 2. The third-order valence-electron chi connectivity index (χ3n) is 2.77. The summed E-state index contributed by atoms with van der Waals surface area (Å²) >= 11 is 5.79. The maximum absolute atomic E-state index is 6.31. The van der Waals surface area contributed by atoms with Crippen molar-refractivity contribution in [2.75, 3.05) is 7.11 Å². The molecule has 0 radical (unpaired) electrons. The van der Waals surface area contributed by atoms with E-state index in [4.69, 9.17) is 10.5 Å². The molecule has 94 valence electrons. The van der Waals surface area contributed by atoms with Crippen molar-refractivity contribution in [3.63, 3.8) is 0 Å². The van der Waals surface area contributed by atoms with E-state index in [1.54, 1.807) is 7.11 Å². The highest BCUT2D eigenvalue weighted by Gasteiger charge is 2.12. The molecule has 0 amide bonds. The van der Waals surface area contributed by atoms with Gasteiger partial charge in [0.15, 0.2) is 0 Å². The summed E-state index contributed by atoms with van der Waals surface area (Å²) in [7, 11) is 1.66. The van der Waals surface area contributed by atoms with Crippen molar-refractivity contribution in [2.24, 2.45) is 5.73 Å². The van der Waals surface area contributed by atoms with Crippen molar-refractivity contribution in [3.8, 4) is 5.75 Å². The maximum Gasteiger partial charge on any atom is 0.118 e. The molecule has 0 aliphatic carbocycles. The molecule has 2 aromatic rings. The molecular formula is C14H13BrINO. The monoisotopic (exact) mass is 417 g/mol. The van der Waals surface area contributed by atoms with Crippen molar-refractivity contribution in [3.05, 3.63) is 61.6 Å². The fraction of sp³-hybridized carbons (Fsp3) is 0.143. The molecule has 0 aromatic heterocycles. The standard InChI is InChI=1S/C14H13BrINO/c1-18-11-5-2-9(3-6-11)14(17)12-8-10(15)4-7-13(12)16/h2-8,14H,17H2,1H3. The summed E-state index contributed by atoms with van der Waals surface area (Å²) in [5.74, 6) is 0.842. The van der Waals surface area contributed by atoms with Gasteiger partial charge in [0.1, 0.15) is 5.75 Å². The molecule has 0 saturated heterocycles. The molecule has 2 rings (SSSR count). The van der Waals surface area contributed by atoms with Crippen LogP contribution in [0.15, 0.2) is 46.9 Å². The Hall–Kier alpha value is -0.590. The molecule has 0 saturated carbocycles.